The third-order valence-electron chi connectivity index (χ3n) is 25.4. The fourth-order valence-corrected chi connectivity index (χ4v) is 24.4. The number of ether oxygens (including phenoxy) is 2. The van der Waals surface area contributed by atoms with Crippen LogP contribution in [0.2, 0.25) is 0 Å². The van der Waals surface area contributed by atoms with Crippen LogP contribution in [0.25, 0.3) is 106 Å². The summed E-state index contributed by atoms with van der Waals surface area (Å²) in [5.74, 6) is 2.13. The number of hydrogen-bond donors (Lipinski definition) is 0. The van der Waals surface area contributed by atoms with Crippen LogP contribution >= 0.6 is 68.8 Å². The molecule has 0 unspecified atom stereocenters. The number of hydrogen-bond acceptors (Lipinski definition) is 12. The highest BCUT2D eigenvalue weighted by molar-refractivity contribution is 7.25. The summed E-state index contributed by atoms with van der Waals surface area (Å²) in [6.45, 7) is 22.6. The monoisotopic (exact) mass is 1690 g/mol. The van der Waals surface area contributed by atoms with Crippen LogP contribution in [0.1, 0.15) is 342 Å². The lowest BCUT2D eigenvalue weighted by atomic mass is 9.76. The van der Waals surface area contributed by atoms with Gasteiger partial charge in [-0.3, -0.25) is 0 Å². The topological polar surface area (TPSA) is 70.0 Å². The third kappa shape index (κ3) is 22.4. The van der Waals surface area contributed by atoms with E-state index in [1.54, 1.807) is 0 Å². The average molecular weight is 1690 g/mol. The molecule has 14 rings (SSSR count). The lowest BCUT2D eigenvalue weighted by Gasteiger charge is -2.41. The van der Waals surface area contributed by atoms with E-state index in [0.29, 0.717) is 0 Å². The lowest BCUT2D eigenvalue weighted by Crippen LogP contribution is -2.36. The van der Waals surface area contributed by atoms with E-state index >= 15 is 0 Å². The van der Waals surface area contributed by atoms with E-state index in [0.717, 1.165) is 72.1 Å². The van der Waals surface area contributed by atoms with E-state index in [2.05, 4.69) is 207 Å². The zero-order chi connectivity index (χ0) is 82.1. The van der Waals surface area contributed by atoms with E-state index < -0.39 is 0 Å². The Morgan fingerprint density at radius 2 is 0.619 bits per heavy atom. The minimum Gasteiger partial charge on any atom is -0.482 e. The van der Waals surface area contributed by atoms with Crippen molar-refractivity contribution in [3.05, 3.63) is 177 Å². The molecule has 0 saturated carbocycles. The summed E-state index contributed by atoms with van der Waals surface area (Å²) in [4.78, 5) is 11.0. The zero-order valence-electron chi connectivity index (χ0n) is 73.5. The summed E-state index contributed by atoms with van der Waals surface area (Å²) in [6.07, 6.45) is 53.2. The first-order valence-corrected chi connectivity index (χ1v) is 51.4. The number of aryl methyl sites for hydroxylation is 6. The Morgan fingerprint density at radius 1 is 0.271 bits per heavy atom. The number of thiophene rings is 4. The maximum Gasteiger partial charge on any atom is 0.135 e. The summed E-state index contributed by atoms with van der Waals surface area (Å²) in [7, 11) is 0. The van der Waals surface area contributed by atoms with Gasteiger partial charge in [0.2, 0.25) is 0 Å². The molecule has 0 radical (unpaired) electrons. The van der Waals surface area contributed by atoms with Crippen molar-refractivity contribution in [1.29, 1.82) is 0 Å². The van der Waals surface area contributed by atoms with Gasteiger partial charge in [-0.25, -0.2) is 0 Å². The van der Waals surface area contributed by atoms with Crippen LogP contribution in [0.3, 0.4) is 0 Å². The molecule has 2 aliphatic rings. The molecule has 2 aliphatic heterocycles. The van der Waals surface area contributed by atoms with Crippen molar-refractivity contribution in [3.8, 4) is 95.7 Å². The Morgan fingerprint density at radius 3 is 1.05 bits per heavy atom. The van der Waals surface area contributed by atoms with Gasteiger partial charge in [-0.2, -0.15) is 17.5 Å². The van der Waals surface area contributed by atoms with E-state index in [1.807, 2.05) is 45.3 Å². The van der Waals surface area contributed by atoms with Gasteiger partial charge in [0.05, 0.1) is 23.5 Å². The Balaban J connectivity index is 0.000000247. The number of fused-ring (bicyclic) bond motifs is 8. The van der Waals surface area contributed by atoms with Crippen LogP contribution in [0.4, 0.5) is 0 Å². The quantitative estimate of drug-likeness (QED) is 0.0354. The van der Waals surface area contributed by atoms with Crippen molar-refractivity contribution in [2.75, 3.05) is 0 Å². The van der Waals surface area contributed by atoms with Gasteiger partial charge in [-0.05, 0) is 215 Å². The predicted molar refractivity (Wildman–Crippen MR) is 520 cm³/mol. The van der Waals surface area contributed by atoms with Gasteiger partial charge in [0, 0.05) is 78.0 Å². The van der Waals surface area contributed by atoms with Crippen molar-refractivity contribution in [2.24, 2.45) is 0 Å². The van der Waals surface area contributed by atoms with Crippen LogP contribution in [0.15, 0.2) is 133 Å². The van der Waals surface area contributed by atoms with Gasteiger partial charge in [-0.15, -0.1) is 45.3 Å². The molecule has 628 valence electrons. The molecular weight excluding hydrogens is 1550 g/mol. The normalized spacial score (nSPS) is 13.2. The molecule has 0 aliphatic carbocycles. The second kappa shape index (κ2) is 44.9. The number of unbranched alkanes of at least 4 members (excludes halogenated alkanes) is 30. The largest absolute Gasteiger partial charge is 0.482 e. The minimum atomic E-state index is -0.328. The number of nitrogens with zero attached hydrogens (tertiary/aromatic N) is 4. The first-order valence-electron chi connectivity index (χ1n) is 46.7. The molecular formula is C106H136N4O2S6. The van der Waals surface area contributed by atoms with Crippen molar-refractivity contribution in [2.45, 2.75) is 350 Å². The molecule has 6 aromatic carbocycles. The second-order valence-electron chi connectivity index (χ2n) is 34.8. The van der Waals surface area contributed by atoms with Gasteiger partial charge in [0.1, 0.15) is 44.8 Å². The average Bonchev–Trinajstić information content (AvgIpc) is 0.895. The first kappa shape index (κ1) is 89.1. The van der Waals surface area contributed by atoms with E-state index in [-0.39, 0.29) is 11.2 Å². The fraction of sp³-hybridized carbons (Fsp3) is 0.509. The summed E-state index contributed by atoms with van der Waals surface area (Å²) >= 11 is 10.5. The predicted octanol–water partition coefficient (Wildman–Crippen LogP) is 36.2. The molecule has 6 aromatic heterocycles. The first-order chi connectivity index (χ1) is 57.9. The van der Waals surface area contributed by atoms with Crippen molar-refractivity contribution in [1.82, 2.24) is 17.5 Å². The minimum absolute atomic E-state index is 0.300. The van der Waals surface area contributed by atoms with E-state index in [9.17, 15) is 0 Å². The Hall–Kier alpha value is -6.64. The van der Waals surface area contributed by atoms with E-state index in [1.165, 1.54) is 383 Å². The van der Waals surface area contributed by atoms with Gasteiger partial charge < -0.3 is 9.47 Å². The Labute approximate surface area is 735 Å². The van der Waals surface area contributed by atoms with E-state index in [4.69, 9.17) is 22.6 Å². The van der Waals surface area contributed by atoms with Crippen LogP contribution in [0.5, 0.6) is 11.5 Å². The Kier molecular flexibility index (Phi) is 33.9. The van der Waals surface area contributed by atoms with Crippen LogP contribution in [0, 0.1) is 27.7 Å². The molecule has 6 nitrogen and oxygen atoms in total. The summed E-state index contributed by atoms with van der Waals surface area (Å²) in [5.41, 5.74) is 24.3. The van der Waals surface area contributed by atoms with Gasteiger partial charge in [-0.1, -0.05) is 307 Å². The maximum absolute atomic E-state index is 7.48. The zero-order valence-corrected chi connectivity index (χ0v) is 78.4. The molecule has 8 heterocycles. The molecule has 118 heavy (non-hydrogen) atoms. The third-order valence-corrected chi connectivity index (χ3v) is 31.4. The molecule has 0 bridgehead atoms. The number of aromatic nitrogens is 4. The highest BCUT2D eigenvalue weighted by atomic mass is 32.1. The summed E-state index contributed by atoms with van der Waals surface area (Å²) in [6, 6.07) is 51.7. The molecule has 0 fully saturated rings. The van der Waals surface area contributed by atoms with Gasteiger partial charge in [0.15, 0.2) is 0 Å². The van der Waals surface area contributed by atoms with Gasteiger partial charge in [0.25, 0.3) is 0 Å². The molecule has 12 heteroatoms. The summed E-state index contributed by atoms with van der Waals surface area (Å²) in [5, 5.41) is 0. The number of benzene rings is 6. The number of rotatable bonds is 48. The van der Waals surface area contributed by atoms with Crippen molar-refractivity contribution >= 4 is 90.9 Å². The fourth-order valence-electron chi connectivity index (χ4n) is 18.6. The highest BCUT2D eigenvalue weighted by Gasteiger charge is 2.43. The smallest absolute Gasteiger partial charge is 0.135 e. The molecule has 0 N–H and O–H groups in total. The SMILES string of the molecule is CCCCCCCCC1(CCCCCCCC)Oc2cc(C)ccc2-c2ccc(-c3ccc(C)c4nsnc34)cc21.CCCCCCCCc1cc(-c2ccc(-c3cc(CCCCCCCC)c(-c4ccc(-c5ccc6c(c5)C(CCCCCCCC)(CCCCCCCC)Oc5cc(C)ccc5-6)s4)s3)c3nsnc23)sc1-c1ccc(C)s1. The van der Waals surface area contributed by atoms with Crippen LogP contribution < -0.4 is 9.47 Å². The molecule has 0 amide bonds. The highest BCUT2D eigenvalue weighted by Crippen LogP contribution is 2.55. The van der Waals surface area contributed by atoms with Crippen LogP contribution in [-0.4, -0.2) is 17.5 Å². The molecule has 12 aromatic rings. The second-order valence-corrected chi connectivity index (χ2v) is 40.4. The molecule has 0 saturated heterocycles. The standard InChI is InChI=1S/C69H88N2OS5.C37H48N2OS/c1-7-11-15-19-23-27-31-52-47-63(75-67(52)61-40-34-50(6)73-61)56-38-39-57(66-65(56)70-77-71-66)64-48-53(32-28-24-20-16-12-8-2)68(76-64)62-42-41-60(74-62)51-35-37-54-55-36-33-49(5)45-59(55)72-69(58(54)46-51,43-29-25-21-17-13-9-3)44-30-26-22-18-14-10-4;1-5-7-9-11-13-15-23-37(24-16-14-12-10-8-6-2)33-26-29(30-21-18-28(4)35-36(30)39-41-38-35)19-22-31(33)32-20-17-27(3)25-34(32)40-37/h33-42,45-48H,7-32,43-44H2,1-6H3;17-22,25-26H,5-16,23-24H2,1-4H3. The maximum atomic E-state index is 7.48. The van der Waals surface area contributed by atoms with Crippen LogP contribution in [-0.2, 0) is 24.0 Å². The Bertz CT molecular complexity index is 5080. The van der Waals surface area contributed by atoms with Crippen molar-refractivity contribution in [3.63, 3.8) is 0 Å². The molecule has 0 spiro atoms. The van der Waals surface area contributed by atoms with Gasteiger partial charge >= 0.3 is 0 Å². The lowest BCUT2D eigenvalue weighted by molar-refractivity contribution is 0.0383. The van der Waals surface area contributed by atoms with Crippen molar-refractivity contribution < 1.29 is 9.47 Å². The summed E-state index contributed by atoms with van der Waals surface area (Å²) < 4.78 is 34.2. The molecule has 0 atom stereocenters.